The van der Waals surface area contributed by atoms with E-state index in [1.54, 1.807) is 23.1 Å². The van der Waals surface area contributed by atoms with Crippen molar-refractivity contribution in [3.05, 3.63) is 64.2 Å². The fourth-order valence-corrected chi connectivity index (χ4v) is 4.47. The van der Waals surface area contributed by atoms with Crippen molar-refractivity contribution in [1.29, 1.82) is 0 Å². The van der Waals surface area contributed by atoms with Gasteiger partial charge in [-0.2, -0.15) is 4.98 Å². The Bertz CT molecular complexity index is 1180. The topological polar surface area (TPSA) is 116 Å². The van der Waals surface area contributed by atoms with Gasteiger partial charge in [-0.1, -0.05) is 23.8 Å². The summed E-state index contributed by atoms with van der Waals surface area (Å²) in [5, 5.41) is 10.9. The minimum absolute atomic E-state index is 0.00544. The Morgan fingerprint density at radius 1 is 1.10 bits per heavy atom. The number of hydrogen-bond donors (Lipinski definition) is 0. The first-order chi connectivity index (χ1) is 14.4. The largest absolute Gasteiger partial charge is 0.419 e. The molecule has 0 unspecified atom stereocenters. The number of hydrogen-bond acceptors (Lipinski definition) is 8. The molecule has 1 saturated heterocycles. The standard InChI is InChI=1S/C20H19N3O6S/c1-14-5-7-17(8-6-14)30(26,27)19-20(22-9-11-28-12-10-22)29-18(21-19)15-3-2-4-16(13-15)23(24)25/h2-8,13H,9-12H2,1H3. The molecule has 0 atom stereocenters. The number of anilines is 1. The molecule has 1 aliphatic rings. The van der Waals surface area contributed by atoms with E-state index in [4.69, 9.17) is 9.15 Å². The van der Waals surface area contributed by atoms with Crippen LogP contribution in [-0.2, 0) is 14.6 Å². The Morgan fingerprint density at radius 3 is 2.47 bits per heavy atom. The zero-order chi connectivity index (χ0) is 21.3. The molecule has 10 heteroatoms. The lowest BCUT2D eigenvalue weighted by molar-refractivity contribution is -0.384. The third-order valence-electron chi connectivity index (χ3n) is 4.77. The van der Waals surface area contributed by atoms with Gasteiger partial charge in [-0.3, -0.25) is 10.1 Å². The average molecular weight is 429 g/mol. The summed E-state index contributed by atoms with van der Waals surface area (Å²) >= 11 is 0. The molecule has 9 nitrogen and oxygen atoms in total. The van der Waals surface area contributed by atoms with E-state index < -0.39 is 14.8 Å². The summed E-state index contributed by atoms with van der Waals surface area (Å²) in [6.45, 7) is 3.61. The van der Waals surface area contributed by atoms with Gasteiger partial charge in [-0.05, 0) is 25.1 Å². The Kier molecular flexibility index (Phi) is 5.27. The number of morpholine rings is 1. The summed E-state index contributed by atoms with van der Waals surface area (Å²) < 4.78 is 37.9. The lowest BCUT2D eigenvalue weighted by Crippen LogP contribution is -2.36. The van der Waals surface area contributed by atoms with Crippen LogP contribution in [0.1, 0.15) is 5.56 Å². The molecule has 156 valence electrons. The van der Waals surface area contributed by atoms with E-state index in [1.165, 1.54) is 30.3 Å². The zero-order valence-corrected chi connectivity index (χ0v) is 17.0. The molecule has 0 aliphatic carbocycles. The first kappa shape index (κ1) is 20.0. The number of nitro groups is 1. The van der Waals surface area contributed by atoms with Crippen LogP contribution in [0, 0.1) is 17.0 Å². The molecule has 0 saturated carbocycles. The van der Waals surface area contributed by atoms with Crippen LogP contribution in [0.4, 0.5) is 11.6 Å². The monoisotopic (exact) mass is 429 g/mol. The second-order valence-electron chi connectivity index (χ2n) is 6.85. The predicted octanol–water partition coefficient (Wildman–Crippen LogP) is 3.23. The number of nitro benzene ring substituents is 1. The van der Waals surface area contributed by atoms with Gasteiger partial charge in [-0.25, -0.2) is 8.42 Å². The van der Waals surface area contributed by atoms with Gasteiger partial charge in [0.2, 0.25) is 26.6 Å². The number of ether oxygens (including phenoxy) is 1. The maximum absolute atomic E-state index is 13.3. The molecule has 1 aliphatic heterocycles. The van der Waals surface area contributed by atoms with Gasteiger partial charge < -0.3 is 14.1 Å². The van der Waals surface area contributed by atoms with Crippen LogP contribution in [-0.4, -0.2) is 44.6 Å². The third-order valence-corrected chi connectivity index (χ3v) is 6.44. The minimum atomic E-state index is -3.97. The van der Waals surface area contributed by atoms with E-state index in [9.17, 15) is 18.5 Å². The number of nitrogens with zero attached hydrogens (tertiary/aromatic N) is 3. The van der Waals surface area contributed by atoms with Crippen molar-refractivity contribution >= 4 is 21.4 Å². The van der Waals surface area contributed by atoms with E-state index in [1.807, 2.05) is 6.92 Å². The molecule has 30 heavy (non-hydrogen) atoms. The Hall–Kier alpha value is -3.24. The summed E-state index contributed by atoms with van der Waals surface area (Å²) in [5.41, 5.74) is 1.12. The highest BCUT2D eigenvalue weighted by Crippen LogP contribution is 2.35. The second-order valence-corrected chi connectivity index (χ2v) is 8.72. The van der Waals surface area contributed by atoms with Gasteiger partial charge in [0.15, 0.2) is 0 Å². The zero-order valence-electron chi connectivity index (χ0n) is 16.1. The minimum Gasteiger partial charge on any atom is -0.419 e. The smallest absolute Gasteiger partial charge is 0.270 e. The van der Waals surface area contributed by atoms with Crippen LogP contribution in [0.3, 0.4) is 0 Å². The predicted molar refractivity (Wildman–Crippen MR) is 108 cm³/mol. The van der Waals surface area contributed by atoms with E-state index in [2.05, 4.69) is 4.98 Å². The van der Waals surface area contributed by atoms with Crippen LogP contribution >= 0.6 is 0 Å². The van der Waals surface area contributed by atoms with Crippen molar-refractivity contribution in [2.45, 2.75) is 16.8 Å². The van der Waals surface area contributed by atoms with Crippen LogP contribution in [0.15, 0.2) is 62.9 Å². The summed E-state index contributed by atoms with van der Waals surface area (Å²) in [7, 11) is -3.97. The Balaban J connectivity index is 1.85. The number of oxazole rings is 1. The molecular weight excluding hydrogens is 410 g/mol. The SMILES string of the molecule is Cc1ccc(S(=O)(=O)c2nc(-c3cccc([N+](=O)[O-])c3)oc2N2CCOCC2)cc1. The van der Waals surface area contributed by atoms with Crippen molar-refractivity contribution < 1.29 is 22.5 Å². The maximum atomic E-state index is 13.3. The molecule has 1 aromatic heterocycles. The highest BCUT2D eigenvalue weighted by molar-refractivity contribution is 7.91. The Labute approximate surface area is 173 Å². The van der Waals surface area contributed by atoms with E-state index >= 15 is 0 Å². The molecule has 0 amide bonds. The lowest BCUT2D eigenvalue weighted by atomic mass is 10.2. The fraction of sp³-hybridized carbons (Fsp3) is 0.250. The highest BCUT2D eigenvalue weighted by atomic mass is 32.2. The third kappa shape index (κ3) is 3.79. The molecule has 0 spiro atoms. The van der Waals surface area contributed by atoms with Gasteiger partial charge in [0.25, 0.3) is 5.69 Å². The van der Waals surface area contributed by atoms with E-state index in [0.29, 0.717) is 31.9 Å². The van der Waals surface area contributed by atoms with E-state index in [0.717, 1.165) is 5.56 Å². The molecule has 4 rings (SSSR count). The first-order valence-corrected chi connectivity index (χ1v) is 10.7. The number of non-ortho nitro benzene ring substituents is 1. The highest BCUT2D eigenvalue weighted by Gasteiger charge is 2.32. The second kappa shape index (κ2) is 7.88. The number of sulfone groups is 1. The van der Waals surface area contributed by atoms with Gasteiger partial charge in [0, 0.05) is 30.8 Å². The quantitative estimate of drug-likeness (QED) is 0.448. The van der Waals surface area contributed by atoms with E-state index in [-0.39, 0.29) is 27.4 Å². The molecule has 1 fully saturated rings. The molecular formula is C20H19N3O6S. The number of rotatable bonds is 5. The van der Waals surface area contributed by atoms with Gasteiger partial charge >= 0.3 is 0 Å². The van der Waals surface area contributed by atoms with Gasteiger partial charge in [0.1, 0.15) is 0 Å². The van der Waals surface area contributed by atoms with Crippen molar-refractivity contribution in [3.63, 3.8) is 0 Å². The van der Waals surface area contributed by atoms with Crippen LogP contribution < -0.4 is 4.90 Å². The number of aryl methyl sites for hydroxylation is 1. The van der Waals surface area contributed by atoms with Crippen molar-refractivity contribution in [2.24, 2.45) is 0 Å². The van der Waals surface area contributed by atoms with Gasteiger partial charge in [0.05, 0.1) is 23.0 Å². The first-order valence-electron chi connectivity index (χ1n) is 9.26. The van der Waals surface area contributed by atoms with Crippen molar-refractivity contribution in [1.82, 2.24) is 4.98 Å². The molecule has 0 radical (unpaired) electrons. The molecule has 2 aromatic carbocycles. The summed E-state index contributed by atoms with van der Waals surface area (Å²) in [5.74, 6) is 0.117. The van der Waals surface area contributed by atoms with Crippen molar-refractivity contribution in [2.75, 3.05) is 31.2 Å². The average Bonchev–Trinajstić information content (AvgIpc) is 3.21. The molecule has 3 aromatic rings. The summed E-state index contributed by atoms with van der Waals surface area (Å²) in [4.78, 5) is 16.7. The Morgan fingerprint density at radius 2 is 1.80 bits per heavy atom. The number of aromatic nitrogens is 1. The van der Waals surface area contributed by atoms with Crippen LogP contribution in [0.5, 0.6) is 0 Å². The number of benzene rings is 2. The summed E-state index contributed by atoms with van der Waals surface area (Å²) in [6.07, 6.45) is 0. The molecule has 0 N–H and O–H groups in total. The van der Waals surface area contributed by atoms with Crippen LogP contribution in [0.25, 0.3) is 11.5 Å². The fourth-order valence-electron chi connectivity index (χ4n) is 3.14. The maximum Gasteiger partial charge on any atom is 0.270 e. The van der Waals surface area contributed by atoms with Crippen molar-refractivity contribution in [3.8, 4) is 11.5 Å². The summed E-state index contributed by atoms with van der Waals surface area (Å²) in [6, 6.07) is 12.2. The van der Waals surface area contributed by atoms with Gasteiger partial charge in [-0.15, -0.1) is 0 Å². The lowest BCUT2D eigenvalue weighted by Gasteiger charge is -2.26. The molecule has 2 heterocycles. The molecule has 0 bridgehead atoms. The normalized spacial score (nSPS) is 14.6. The van der Waals surface area contributed by atoms with Crippen LogP contribution in [0.2, 0.25) is 0 Å².